The van der Waals surface area contributed by atoms with Crippen molar-refractivity contribution in [3.05, 3.63) is 69.8 Å². The maximum Gasteiger partial charge on any atom is 0.251 e. The molecule has 1 aliphatic heterocycles. The van der Waals surface area contributed by atoms with E-state index in [-0.39, 0.29) is 23.8 Å². The summed E-state index contributed by atoms with van der Waals surface area (Å²) in [5, 5.41) is 6.58. The third-order valence-corrected chi connectivity index (χ3v) is 7.07. The number of aryl methyl sites for hydroxylation is 3. The molecule has 5 nitrogen and oxygen atoms in total. The molecule has 2 fully saturated rings. The van der Waals surface area contributed by atoms with Gasteiger partial charge >= 0.3 is 0 Å². The van der Waals surface area contributed by atoms with Crippen LogP contribution in [0.4, 0.5) is 0 Å². The predicted octanol–water partition coefficient (Wildman–Crippen LogP) is 3.82. The van der Waals surface area contributed by atoms with Gasteiger partial charge in [-0.3, -0.25) is 9.59 Å². The Morgan fingerprint density at radius 1 is 1.03 bits per heavy atom. The van der Waals surface area contributed by atoms with Gasteiger partial charge in [0.2, 0.25) is 5.91 Å². The van der Waals surface area contributed by atoms with E-state index >= 15 is 0 Å². The second-order valence-corrected chi connectivity index (χ2v) is 9.55. The Kier molecular flexibility index (Phi) is 6.66. The number of benzene rings is 2. The van der Waals surface area contributed by atoms with Gasteiger partial charge in [0.25, 0.3) is 5.91 Å². The van der Waals surface area contributed by atoms with Crippen molar-refractivity contribution in [2.75, 3.05) is 13.1 Å². The smallest absolute Gasteiger partial charge is 0.251 e. The summed E-state index contributed by atoms with van der Waals surface area (Å²) >= 11 is 0. The highest BCUT2D eigenvalue weighted by Gasteiger charge is 2.40. The second-order valence-electron chi connectivity index (χ2n) is 9.55. The first-order valence-corrected chi connectivity index (χ1v) is 11.8. The molecule has 0 bridgehead atoms. The van der Waals surface area contributed by atoms with Gasteiger partial charge in [0.05, 0.1) is 5.92 Å². The van der Waals surface area contributed by atoms with Gasteiger partial charge in [-0.05, 0) is 81.8 Å². The molecule has 0 aromatic heterocycles. The van der Waals surface area contributed by atoms with Crippen molar-refractivity contribution in [3.8, 4) is 0 Å². The van der Waals surface area contributed by atoms with E-state index in [0.29, 0.717) is 24.7 Å². The molecule has 0 radical (unpaired) electrons. The highest BCUT2D eigenvalue weighted by atomic mass is 16.2. The zero-order chi connectivity index (χ0) is 22.8. The summed E-state index contributed by atoms with van der Waals surface area (Å²) in [6.07, 6.45) is 2.89. The molecule has 2 aromatic carbocycles. The van der Waals surface area contributed by atoms with Gasteiger partial charge in [-0.15, -0.1) is 0 Å². The number of nitrogens with zero attached hydrogens (tertiary/aromatic N) is 1. The number of hydrogen-bond acceptors (Lipinski definition) is 3. The van der Waals surface area contributed by atoms with Crippen LogP contribution in [0.15, 0.2) is 36.4 Å². The van der Waals surface area contributed by atoms with Crippen molar-refractivity contribution in [2.24, 2.45) is 5.92 Å². The summed E-state index contributed by atoms with van der Waals surface area (Å²) in [4.78, 5) is 28.9. The Bertz CT molecular complexity index is 1010. The first-order chi connectivity index (χ1) is 15.3. The van der Waals surface area contributed by atoms with Gasteiger partial charge in [-0.2, -0.15) is 0 Å². The topological polar surface area (TPSA) is 61.4 Å². The molecular weight excluding hydrogens is 398 g/mol. The van der Waals surface area contributed by atoms with Gasteiger partial charge in [0, 0.05) is 30.7 Å². The van der Waals surface area contributed by atoms with Crippen LogP contribution in [0.25, 0.3) is 0 Å². The fraction of sp³-hybridized carbons (Fsp3) is 0.481. The maximum absolute atomic E-state index is 13.8. The molecule has 1 heterocycles. The summed E-state index contributed by atoms with van der Waals surface area (Å²) in [5.41, 5.74) is 6.52. The van der Waals surface area contributed by atoms with E-state index in [1.807, 2.05) is 32.0 Å². The van der Waals surface area contributed by atoms with E-state index in [2.05, 4.69) is 47.6 Å². The lowest BCUT2D eigenvalue weighted by Crippen LogP contribution is -2.55. The van der Waals surface area contributed by atoms with Crippen LogP contribution in [-0.4, -0.2) is 41.9 Å². The molecule has 1 saturated carbocycles. The highest BCUT2D eigenvalue weighted by molar-refractivity contribution is 5.96. The monoisotopic (exact) mass is 433 g/mol. The summed E-state index contributed by atoms with van der Waals surface area (Å²) in [7, 11) is 0. The molecule has 1 saturated heterocycles. The van der Waals surface area contributed by atoms with E-state index in [9.17, 15) is 9.59 Å². The molecule has 2 amide bonds. The summed E-state index contributed by atoms with van der Waals surface area (Å²) < 4.78 is 0. The minimum atomic E-state index is -0.246. The number of rotatable bonds is 6. The van der Waals surface area contributed by atoms with Crippen LogP contribution in [-0.2, 0) is 11.3 Å². The van der Waals surface area contributed by atoms with Crippen molar-refractivity contribution in [2.45, 2.75) is 65.6 Å². The van der Waals surface area contributed by atoms with Crippen molar-refractivity contribution >= 4 is 11.8 Å². The van der Waals surface area contributed by atoms with Crippen LogP contribution < -0.4 is 10.6 Å². The minimum absolute atomic E-state index is 0.0836. The molecule has 170 valence electrons. The van der Waals surface area contributed by atoms with Crippen LogP contribution in [0, 0.1) is 33.6 Å². The van der Waals surface area contributed by atoms with E-state index in [0.717, 1.165) is 36.9 Å². The Labute approximate surface area is 191 Å². The average molecular weight is 434 g/mol. The lowest BCUT2D eigenvalue weighted by Gasteiger charge is -2.36. The van der Waals surface area contributed by atoms with Crippen LogP contribution in [0.1, 0.15) is 57.4 Å². The number of carbonyl (C=O) groups is 2. The van der Waals surface area contributed by atoms with E-state index in [4.69, 9.17) is 0 Å². The zero-order valence-corrected chi connectivity index (χ0v) is 19.7. The second kappa shape index (κ2) is 9.45. The number of piperidine rings is 1. The Morgan fingerprint density at radius 3 is 2.53 bits per heavy atom. The number of nitrogens with one attached hydrogen (secondary N) is 2. The minimum Gasteiger partial charge on any atom is -0.348 e. The lowest BCUT2D eigenvalue weighted by molar-refractivity contribution is -0.138. The first kappa shape index (κ1) is 22.5. The molecule has 1 aliphatic carbocycles. The summed E-state index contributed by atoms with van der Waals surface area (Å²) in [6.45, 7) is 10.3. The van der Waals surface area contributed by atoms with Gasteiger partial charge < -0.3 is 15.5 Å². The van der Waals surface area contributed by atoms with Crippen molar-refractivity contribution in [1.82, 2.24) is 15.5 Å². The normalized spacial score (nSPS) is 20.6. The summed E-state index contributed by atoms with van der Waals surface area (Å²) in [6, 6.07) is 12.4. The molecule has 2 aliphatic rings. The van der Waals surface area contributed by atoms with E-state index in [1.165, 1.54) is 16.7 Å². The van der Waals surface area contributed by atoms with Crippen molar-refractivity contribution in [1.29, 1.82) is 0 Å². The van der Waals surface area contributed by atoms with Crippen LogP contribution in [0.2, 0.25) is 0 Å². The van der Waals surface area contributed by atoms with Gasteiger partial charge in [0.15, 0.2) is 0 Å². The average Bonchev–Trinajstić information content (AvgIpc) is 3.60. The fourth-order valence-corrected chi connectivity index (χ4v) is 4.76. The molecule has 2 unspecified atom stereocenters. The highest BCUT2D eigenvalue weighted by Crippen LogP contribution is 2.32. The number of hydrogen-bond donors (Lipinski definition) is 2. The molecule has 4 rings (SSSR count). The Hall–Kier alpha value is -2.66. The van der Waals surface area contributed by atoms with Crippen LogP contribution in [0.5, 0.6) is 0 Å². The summed E-state index contributed by atoms with van der Waals surface area (Å²) in [5.74, 6) is -0.171. The Morgan fingerprint density at radius 2 is 1.81 bits per heavy atom. The standard InChI is InChI=1S/C27H35N3O2/c1-17-8-11-23(19(3)14-17)26(31)29-25-12-13-28-15-24(25)27(32)30(22-9-10-22)16-21-7-5-6-18(2)20(21)4/h5-8,11,14,22,24-25,28H,9-10,12-13,15-16H2,1-4H3,(H,29,31). The number of carbonyl (C=O) groups excluding carboxylic acids is 2. The van der Waals surface area contributed by atoms with Crippen molar-refractivity contribution < 1.29 is 9.59 Å². The lowest BCUT2D eigenvalue weighted by atomic mass is 9.90. The van der Waals surface area contributed by atoms with Gasteiger partial charge in [-0.25, -0.2) is 0 Å². The third-order valence-electron chi connectivity index (χ3n) is 7.07. The molecule has 32 heavy (non-hydrogen) atoms. The largest absolute Gasteiger partial charge is 0.348 e. The molecule has 2 atom stereocenters. The Balaban J connectivity index is 1.52. The predicted molar refractivity (Wildman–Crippen MR) is 128 cm³/mol. The van der Waals surface area contributed by atoms with E-state index < -0.39 is 0 Å². The maximum atomic E-state index is 13.8. The molecule has 0 spiro atoms. The number of amides is 2. The van der Waals surface area contributed by atoms with E-state index in [1.54, 1.807) is 0 Å². The first-order valence-electron chi connectivity index (χ1n) is 11.8. The fourth-order valence-electron chi connectivity index (χ4n) is 4.76. The van der Waals surface area contributed by atoms with Gasteiger partial charge in [-0.1, -0.05) is 35.9 Å². The SMILES string of the molecule is Cc1ccc(C(=O)NC2CCNCC2C(=O)N(Cc2cccc(C)c2C)C2CC2)c(C)c1. The van der Waals surface area contributed by atoms with Crippen molar-refractivity contribution in [3.63, 3.8) is 0 Å². The zero-order valence-electron chi connectivity index (χ0n) is 19.7. The molecule has 2 N–H and O–H groups in total. The van der Waals surface area contributed by atoms with Crippen LogP contribution in [0.3, 0.4) is 0 Å². The quantitative estimate of drug-likeness (QED) is 0.728. The molecule has 5 heteroatoms. The molecule has 2 aromatic rings. The van der Waals surface area contributed by atoms with Gasteiger partial charge in [0.1, 0.15) is 0 Å². The van der Waals surface area contributed by atoms with Crippen LogP contribution >= 0.6 is 0 Å². The molecular formula is C27H35N3O2. The third kappa shape index (κ3) is 4.88.